The van der Waals surface area contributed by atoms with Crippen LogP contribution in [0.1, 0.15) is 46.5 Å². The molecule has 1 rings (SSSR count). The van der Waals surface area contributed by atoms with E-state index in [9.17, 15) is 4.79 Å². The lowest BCUT2D eigenvalue weighted by atomic mass is 9.92. The third-order valence-corrected chi connectivity index (χ3v) is 3.90. The van der Waals surface area contributed by atoms with Crippen molar-refractivity contribution in [3.63, 3.8) is 0 Å². The first kappa shape index (κ1) is 16.8. The molecule has 1 amide bonds. The second-order valence-corrected chi connectivity index (χ2v) is 5.43. The van der Waals surface area contributed by atoms with Gasteiger partial charge >= 0.3 is 6.09 Å². The normalized spacial score (nSPS) is 18.3. The van der Waals surface area contributed by atoms with E-state index in [1.807, 2.05) is 0 Å². The number of terminal acetylenes is 1. The maximum Gasteiger partial charge on any atom is 0.411 e. The second kappa shape index (κ2) is 8.16. The molecule has 0 N–H and O–H groups in total. The molecule has 1 saturated heterocycles. The molecule has 0 aliphatic carbocycles. The maximum atomic E-state index is 12.3. The highest BCUT2D eigenvalue weighted by atomic mass is 16.6. The molecule has 114 valence electrons. The van der Waals surface area contributed by atoms with Crippen LogP contribution < -0.4 is 0 Å². The smallest absolute Gasteiger partial charge is 0.411 e. The highest BCUT2D eigenvalue weighted by Gasteiger charge is 2.37. The summed E-state index contributed by atoms with van der Waals surface area (Å²) < 4.78 is 5.71. The molecule has 1 heterocycles. The van der Waals surface area contributed by atoms with Gasteiger partial charge in [0.15, 0.2) is 5.60 Å². The summed E-state index contributed by atoms with van der Waals surface area (Å²) in [6.45, 7) is 10.5. The van der Waals surface area contributed by atoms with Crippen LogP contribution in [0.2, 0.25) is 0 Å². The number of rotatable bonds is 6. The lowest BCUT2D eigenvalue weighted by molar-refractivity contribution is -0.0113. The van der Waals surface area contributed by atoms with Gasteiger partial charge in [-0.3, -0.25) is 0 Å². The zero-order valence-electron chi connectivity index (χ0n) is 13.2. The molecule has 1 fully saturated rings. The molecule has 20 heavy (non-hydrogen) atoms. The van der Waals surface area contributed by atoms with Crippen molar-refractivity contribution in [1.29, 1.82) is 0 Å². The number of carbonyl (C=O) groups excluding carboxylic acids is 1. The van der Waals surface area contributed by atoms with Gasteiger partial charge in [0.2, 0.25) is 0 Å². The van der Waals surface area contributed by atoms with Crippen LogP contribution >= 0.6 is 0 Å². The molecule has 4 nitrogen and oxygen atoms in total. The highest BCUT2D eigenvalue weighted by Crippen LogP contribution is 2.26. The lowest BCUT2D eigenvalue weighted by Gasteiger charge is -2.38. The van der Waals surface area contributed by atoms with Gasteiger partial charge < -0.3 is 14.5 Å². The van der Waals surface area contributed by atoms with E-state index in [1.165, 1.54) is 0 Å². The van der Waals surface area contributed by atoms with Crippen LogP contribution in [-0.4, -0.2) is 54.2 Å². The second-order valence-electron chi connectivity index (χ2n) is 5.43. The topological polar surface area (TPSA) is 32.8 Å². The van der Waals surface area contributed by atoms with Crippen molar-refractivity contribution in [2.75, 3.05) is 32.7 Å². The van der Waals surface area contributed by atoms with Gasteiger partial charge in [-0.2, -0.15) is 0 Å². The van der Waals surface area contributed by atoms with Crippen molar-refractivity contribution >= 4 is 6.09 Å². The highest BCUT2D eigenvalue weighted by molar-refractivity contribution is 5.68. The summed E-state index contributed by atoms with van der Waals surface area (Å²) >= 11 is 0. The van der Waals surface area contributed by atoms with Crippen LogP contribution in [-0.2, 0) is 4.74 Å². The van der Waals surface area contributed by atoms with Crippen molar-refractivity contribution in [2.24, 2.45) is 0 Å². The van der Waals surface area contributed by atoms with Gasteiger partial charge in [0.25, 0.3) is 0 Å². The zero-order chi connectivity index (χ0) is 15.0. The van der Waals surface area contributed by atoms with E-state index in [4.69, 9.17) is 11.2 Å². The molecular weight excluding hydrogens is 252 g/mol. The third kappa shape index (κ3) is 4.42. The minimum absolute atomic E-state index is 0.253. The molecule has 4 heteroatoms. The third-order valence-electron chi connectivity index (χ3n) is 3.90. The summed E-state index contributed by atoms with van der Waals surface area (Å²) in [6.07, 6.45) is 8.73. The molecule has 1 aliphatic rings. The number of amides is 1. The minimum atomic E-state index is -0.706. The number of carbonyl (C=O) groups is 1. The lowest BCUT2D eigenvalue weighted by Crippen LogP contribution is -2.48. The first-order valence-corrected chi connectivity index (χ1v) is 7.78. The van der Waals surface area contributed by atoms with Gasteiger partial charge in [-0.25, -0.2) is 4.79 Å². The van der Waals surface area contributed by atoms with Gasteiger partial charge in [-0.15, -0.1) is 6.42 Å². The number of hydrogen-bond acceptors (Lipinski definition) is 3. The van der Waals surface area contributed by atoms with Gasteiger partial charge in [0.05, 0.1) is 0 Å². The predicted molar refractivity (Wildman–Crippen MR) is 81.5 cm³/mol. The average molecular weight is 280 g/mol. The first-order valence-electron chi connectivity index (χ1n) is 7.78. The average Bonchev–Trinajstić information content (AvgIpc) is 2.47. The molecule has 0 aromatic rings. The van der Waals surface area contributed by atoms with Crippen molar-refractivity contribution in [3.8, 4) is 12.3 Å². The number of ether oxygens (including phenoxy) is 1. The molecule has 1 aliphatic heterocycles. The van der Waals surface area contributed by atoms with E-state index in [0.29, 0.717) is 0 Å². The van der Waals surface area contributed by atoms with Gasteiger partial charge in [0, 0.05) is 39.0 Å². The van der Waals surface area contributed by atoms with Crippen LogP contribution in [0.25, 0.3) is 0 Å². The Balaban J connectivity index is 2.63. The van der Waals surface area contributed by atoms with Gasteiger partial charge in [-0.1, -0.05) is 26.7 Å². The van der Waals surface area contributed by atoms with Crippen LogP contribution in [0.15, 0.2) is 0 Å². The van der Waals surface area contributed by atoms with Crippen LogP contribution in [0, 0.1) is 12.3 Å². The van der Waals surface area contributed by atoms with E-state index >= 15 is 0 Å². The zero-order valence-corrected chi connectivity index (χ0v) is 13.2. The van der Waals surface area contributed by atoms with Crippen molar-refractivity contribution in [2.45, 2.75) is 52.1 Å². The summed E-state index contributed by atoms with van der Waals surface area (Å²) in [5, 5.41) is 0. The maximum absolute atomic E-state index is 12.3. The van der Waals surface area contributed by atoms with Crippen molar-refractivity contribution < 1.29 is 9.53 Å². The summed E-state index contributed by atoms with van der Waals surface area (Å²) in [5.74, 6) is 2.74. The fourth-order valence-corrected chi connectivity index (χ4v) is 2.57. The Labute approximate surface area is 123 Å². The van der Waals surface area contributed by atoms with Crippen LogP contribution in [0.4, 0.5) is 4.79 Å². The van der Waals surface area contributed by atoms with Crippen LogP contribution in [0.5, 0.6) is 0 Å². The Morgan fingerprint density at radius 1 is 1.25 bits per heavy atom. The summed E-state index contributed by atoms with van der Waals surface area (Å²) in [4.78, 5) is 16.4. The Kier molecular flexibility index (Phi) is 6.87. The fraction of sp³-hybridized carbons (Fsp3) is 0.812. The number of hydrogen-bond donors (Lipinski definition) is 0. The number of likely N-dealkylation sites (tertiary alicyclic amines) is 1. The molecule has 0 spiro atoms. The Bertz CT molecular complexity index is 335. The minimum Gasteiger partial charge on any atom is -0.429 e. The fourth-order valence-electron chi connectivity index (χ4n) is 2.57. The van der Waals surface area contributed by atoms with Gasteiger partial charge in [0.1, 0.15) is 0 Å². The molecule has 0 unspecified atom stereocenters. The molecule has 0 aromatic carbocycles. The van der Waals surface area contributed by atoms with E-state index in [1.54, 1.807) is 4.90 Å². The number of piperidine rings is 1. The SMILES string of the molecule is C#CC1(OC(=O)N(CCC)CCC)CCN(CC)CC1. The Morgan fingerprint density at radius 3 is 2.20 bits per heavy atom. The largest absolute Gasteiger partial charge is 0.429 e. The standard InChI is InChI=1S/C16H28N2O2/c1-5-11-18(12-6-2)15(19)20-16(7-3)9-13-17(8-4)14-10-16/h3H,5-6,8-14H2,1-2,4H3. The molecule has 0 bridgehead atoms. The number of nitrogens with zero attached hydrogens (tertiary/aromatic N) is 2. The Morgan fingerprint density at radius 2 is 1.80 bits per heavy atom. The molecule has 0 radical (unpaired) electrons. The van der Waals surface area contributed by atoms with Crippen LogP contribution in [0.3, 0.4) is 0 Å². The summed E-state index contributed by atoms with van der Waals surface area (Å²) in [7, 11) is 0. The van der Waals surface area contributed by atoms with Crippen molar-refractivity contribution in [3.05, 3.63) is 0 Å². The van der Waals surface area contributed by atoms with E-state index in [-0.39, 0.29) is 6.09 Å². The first-order chi connectivity index (χ1) is 9.60. The summed E-state index contributed by atoms with van der Waals surface area (Å²) in [5.41, 5.74) is -0.706. The molecule has 0 aromatic heterocycles. The van der Waals surface area contributed by atoms with E-state index < -0.39 is 5.60 Å². The predicted octanol–water partition coefficient (Wildman–Crippen LogP) is 2.73. The Hall–Kier alpha value is -1.21. The quantitative estimate of drug-likeness (QED) is 0.701. The molecule has 0 atom stereocenters. The van der Waals surface area contributed by atoms with E-state index in [2.05, 4.69) is 31.6 Å². The monoisotopic (exact) mass is 280 g/mol. The molecule has 0 saturated carbocycles. The molecular formula is C16H28N2O2. The van der Waals surface area contributed by atoms with Gasteiger partial charge in [-0.05, 0) is 19.4 Å². The van der Waals surface area contributed by atoms with Crippen molar-refractivity contribution in [1.82, 2.24) is 9.80 Å². The van der Waals surface area contributed by atoms with E-state index in [0.717, 1.165) is 58.4 Å². The summed E-state index contributed by atoms with van der Waals surface area (Å²) in [6, 6.07) is 0.